The standard InChI is InChI=1S/C11H17N3S/c1-8-3-5-10(6-4-8)13-14-11-12-9(2)7-15-11/h7-8H,3-6H2,1-2H3,(H,12,14). The highest BCUT2D eigenvalue weighted by Crippen LogP contribution is 2.22. The molecule has 0 saturated heterocycles. The van der Waals surface area contributed by atoms with E-state index in [9.17, 15) is 0 Å². The van der Waals surface area contributed by atoms with Crippen LogP contribution in [-0.4, -0.2) is 10.7 Å². The average molecular weight is 223 g/mol. The Hall–Kier alpha value is -0.900. The minimum atomic E-state index is 0.867. The number of hydrogen-bond donors (Lipinski definition) is 1. The van der Waals surface area contributed by atoms with Gasteiger partial charge in [-0.15, -0.1) is 11.3 Å². The monoisotopic (exact) mass is 223 g/mol. The van der Waals surface area contributed by atoms with Crippen LogP contribution in [0.2, 0.25) is 0 Å². The molecule has 1 heterocycles. The van der Waals surface area contributed by atoms with E-state index < -0.39 is 0 Å². The molecular formula is C11H17N3S. The van der Waals surface area contributed by atoms with E-state index in [2.05, 4.69) is 22.4 Å². The number of aryl methyl sites for hydroxylation is 1. The quantitative estimate of drug-likeness (QED) is 0.780. The van der Waals surface area contributed by atoms with E-state index in [1.165, 1.54) is 18.6 Å². The van der Waals surface area contributed by atoms with Crippen LogP contribution in [0.3, 0.4) is 0 Å². The van der Waals surface area contributed by atoms with E-state index in [1.807, 2.05) is 12.3 Å². The molecule has 1 saturated carbocycles. The Bertz CT molecular complexity index is 346. The van der Waals surface area contributed by atoms with E-state index in [-0.39, 0.29) is 0 Å². The van der Waals surface area contributed by atoms with Crippen LogP contribution in [-0.2, 0) is 0 Å². The molecule has 0 radical (unpaired) electrons. The lowest BCUT2D eigenvalue weighted by Crippen LogP contribution is -2.12. The highest BCUT2D eigenvalue weighted by molar-refractivity contribution is 7.13. The van der Waals surface area contributed by atoms with Crippen molar-refractivity contribution in [3.05, 3.63) is 11.1 Å². The predicted molar refractivity (Wildman–Crippen MR) is 65.5 cm³/mol. The van der Waals surface area contributed by atoms with Crippen LogP contribution in [0.5, 0.6) is 0 Å². The average Bonchev–Trinajstić information content (AvgIpc) is 2.64. The molecule has 1 aliphatic rings. The third-order valence-electron chi connectivity index (χ3n) is 2.78. The van der Waals surface area contributed by atoms with Crippen LogP contribution >= 0.6 is 11.3 Å². The number of hydrazone groups is 1. The topological polar surface area (TPSA) is 37.3 Å². The highest BCUT2D eigenvalue weighted by Gasteiger charge is 2.13. The summed E-state index contributed by atoms with van der Waals surface area (Å²) < 4.78 is 0. The van der Waals surface area contributed by atoms with Crippen molar-refractivity contribution in [3.8, 4) is 0 Å². The SMILES string of the molecule is Cc1csc(NN=C2CCC(C)CC2)n1. The summed E-state index contributed by atoms with van der Waals surface area (Å²) in [5, 5.41) is 7.35. The third-order valence-corrected chi connectivity index (χ3v) is 3.64. The van der Waals surface area contributed by atoms with E-state index in [0.717, 1.165) is 29.6 Å². The van der Waals surface area contributed by atoms with Crippen molar-refractivity contribution in [2.24, 2.45) is 11.0 Å². The van der Waals surface area contributed by atoms with Crippen molar-refractivity contribution in [2.45, 2.75) is 39.5 Å². The third kappa shape index (κ3) is 3.02. The van der Waals surface area contributed by atoms with Crippen molar-refractivity contribution >= 4 is 22.2 Å². The molecule has 2 rings (SSSR count). The minimum Gasteiger partial charge on any atom is -0.253 e. The van der Waals surface area contributed by atoms with Crippen LogP contribution in [0.15, 0.2) is 10.5 Å². The summed E-state index contributed by atoms with van der Waals surface area (Å²) in [4.78, 5) is 4.31. The van der Waals surface area contributed by atoms with Gasteiger partial charge in [0, 0.05) is 11.1 Å². The summed E-state index contributed by atoms with van der Waals surface area (Å²) in [5.74, 6) is 0.867. The zero-order chi connectivity index (χ0) is 10.7. The summed E-state index contributed by atoms with van der Waals surface area (Å²) in [6.45, 7) is 4.31. The van der Waals surface area contributed by atoms with Crippen molar-refractivity contribution < 1.29 is 0 Å². The molecule has 1 aromatic rings. The minimum absolute atomic E-state index is 0.867. The zero-order valence-corrected chi connectivity index (χ0v) is 10.1. The highest BCUT2D eigenvalue weighted by atomic mass is 32.1. The fraction of sp³-hybridized carbons (Fsp3) is 0.636. The van der Waals surface area contributed by atoms with Gasteiger partial charge in [-0.1, -0.05) is 6.92 Å². The maximum Gasteiger partial charge on any atom is 0.203 e. The largest absolute Gasteiger partial charge is 0.253 e. The fourth-order valence-corrected chi connectivity index (χ4v) is 2.37. The fourth-order valence-electron chi connectivity index (χ4n) is 1.74. The Balaban J connectivity index is 1.89. The zero-order valence-electron chi connectivity index (χ0n) is 9.29. The van der Waals surface area contributed by atoms with Crippen LogP contribution in [0.4, 0.5) is 5.13 Å². The first-order valence-electron chi connectivity index (χ1n) is 5.47. The van der Waals surface area contributed by atoms with Crippen molar-refractivity contribution in [2.75, 3.05) is 5.43 Å². The second-order valence-corrected chi connectivity index (χ2v) is 5.12. The van der Waals surface area contributed by atoms with Gasteiger partial charge in [-0.2, -0.15) is 5.10 Å². The molecule has 3 nitrogen and oxygen atoms in total. The molecule has 1 aromatic heterocycles. The van der Waals surface area contributed by atoms with Crippen LogP contribution in [0.1, 0.15) is 38.3 Å². The predicted octanol–water partition coefficient (Wildman–Crippen LogP) is 3.43. The molecule has 4 heteroatoms. The summed E-state index contributed by atoms with van der Waals surface area (Å²) in [5.41, 5.74) is 5.39. The molecule has 0 amide bonds. The number of rotatable bonds is 2. The van der Waals surface area contributed by atoms with Gasteiger partial charge in [-0.05, 0) is 38.5 Å². The van der Waals surface area contributed by atoms with Gasteiger partial charge in [0.1, 0.15) is 0 Å². The molecule has 1 aliphatic carbocycles. The number of thiazole rings is 1. The van der Waals surface area contributed by atoms with E-state index >= 15 is 0 Å². The first kappa shape index (κ1) is 10.6. The normalized spacial score (nSPS) is 21.5. The summed E-state index contributed by atoms with van der Waals surface area (Å²) >= 11 is 1.61. The number of hydrogen-bond acceptors (Lipinski definition) is 4. The second kappa shape index (κ2) is 4.75. The summed E-state index contributed by atoms with van der Waals surface area (Å²) in [6.07, 6.45) is 4.83. The Morgan fingerprint density at radius 2 is 2.20 bits per heavy atom. The van der Waals surface area contributed by atoms with E-state index in [1.54, 1.807) is 11.3 Å². The Labute approximate surface area is 94.6 Å². The number of nitrogens with one attached hydrogen (secondary N) is 1. The van der Waals surface area contributed by atoms with Gasteiger partial charge in [0.25, 0.3) is 0 Å². The van der Waals surface area contributed by atoms with Gasteiger partial charge in [0.2, 0.25) is 5.13 Å². The molecule has 82 valence electrons. The number of aromatic nitrogens is 1. The first-order chi connectivity index (χ1) is 7.24. The number of anilines is 1. The number of nitrogens with zero attached hydrogens (tertiary/aromatic N) is 2. The molecule has 1 N–H and O–H groups in total. The van der Waals surface area contributed by atoms with Gasteiger partial charge in [0.05, 0.1) is 5.69 Å². The van der Waals surface area contributed by atoms with Crippen molar-refractivity contribution in [3.63, 3.8) is 0 Å². The molecule has 0 bridgehead atoms. The van der Waals surface area contributed by atoms with Crippen molar-refractivity contribution in [1.82, 2.24) is 4.98 Å². The van der Waals surface area contributed by atoms with Crippen molar-refractivity contribution in [1.29, 1.82) is 0 Å². The smallest absolute Gasteiger partial charge is 0.203 e. The molecule has 0 unspecified atom stereocenters. The van der Waals surface area contributed by atoms with Crippen LogP contribution < -0.4 is 5.43 Å². The maximum absolute atomic E-state index is 4.42. The molecule has 0 aliphatic heterocycles. The van der Waals surface area contributed by atoms with Gasteiger partial charge in [-0.3, -0.25) is 5.43 Å². The van der Waals surface area contributed by atoms with Gasteiger partial charge in [-0.25, -0.2) is 4.98 Å². The summed E-state index contributed by atoms with van der Waals surface area (Å²) in [7, 11) is 0. The van der Waals surface area contributed by atoms with Gasteiger partial charge >= 0.3 is 0 Å². The first-order valence-corrected chi connectivity index (χ1v) is 6.35. The van der Waals surface area contributed by atoms with Gasteiger partial charge in [0.15, 0.2) is 0 Å². The van der Waals surface area contributed by atoms with E-state index in [0.29, 0.717) is 0 Å². The lowest BCUT2D eigenvalue weighted by atomic mass is 9.90. The van der Waals surface area contributed by atoms with Gasteiger partial charge < -0.3 is 0 Å². The second-order valence-electron chi connectivity index (χ2n) is 4.27. The molecule has 15 heavy (non-hydrogen) atoms. The molecular weight excluding hydrogens is 206 g/mol. The Morgan fingerprint density at radius 1 is 1.47 bits per heavy atom. The lowest BCUT2D eigenvalue weighted by molar-refractivity contribution is 0.483. The Kier molecular flexibility index (Phi) is 3.36. The molecule has 0 atom stereocenters. The lowest BCUT2D eigenvalue weighted by Gasteiger charge is -2.18. The van der Waals surface area contributed by atoms with E-state index in [4.69, 9.17) is 0 Å². The molecule has 0 spiro atoms. The molecule has 1 fully saturated rings. The Morgan fingerprint density at radius 3 is 2.80 bits per heavy atom. The summed E-state index contributed by atoms with van der Waals surface area (Å²) in [6, 6.07) is 0. The van der Waals surface area contributed by atoms with Crippen LogP contribution in [0, 0.1) is 12.8 Å². The molecule has 0 aromatic carbocycles. The maximum atomic E-state index is 4.42. The van der Waals surface area contributed by atoms with Crippen LogP contribution in [0.25, 0.3) is 0 Å².